The van der Waals surface area contributed by atoms with E-state index in [2.05, 4.69) is 18.2 Å². The Morgan fingerprint density at radius 3 is 2.49 bits per heavy atom. The van der Waals surface area contributed by atoms with Crippen molar-refractivity contribution in [3.8, 4) is 11.3 Å². The number of carbonyl (C=O) groups excluding carboxylic acids is 1. The average Bonchev–Trinajstić information content (AvgIpc) is 3.56. The molecule has 0 saturated heterocycles. The summed E-state index contributed by atoms with van der Waals surface area (Å²) >= 11 is 7.40. The van der Waals surface area contributed by atoms with Crippen LogP contribution in [-0.4, -0.2) is 21.1 Å². The van der Waals surface area contributed by atoms with Crippen LogP contribution >= 0.6 is 23.4 Å². The van der Waals surface area contributed by atoms with Crippen molar-refractivity contribution in [3.63, 3.8) is 0 Å². The lowest BCUT2D eigenvalue weighted by Gasteiger charge is -2.37. The third kappa shape index (κ3) is 4.07. The monoisotopic (exact) mass is 504 g/mol. The molecular weight excluding hydrogens is 476 g/mol. The largest absolute Gasteiger partial charge is 0.293 e. The molecule has 6 heteroatoms. The van der Waals surface area contributed by atoms with Gasteiger partial charge in [0.1, 0.15) is 0 Å². The maximum atomic E-state index is 14.4. The van der Waals surface area contributed by atoms with Crippen LogP contribution < -0.4 is 5.56 Å². The molecule has 1 spiro atoms. The molecule has 6 rings (SSSR count). The topological polar surface area (TPSA) is 52.0 Å². The summed E-state index contributed by atoms with van der Waals surface area (Å²) in [6.45, 7) is 0. The molecule has 0 amide bonds. The van der Waals surface area contributed by atoms with Crippen LogP contribution in [0, 0.1) is 0 Å². The van der Waals surface area contributed by atoms with Gasteiger partial charge < -0.3 is 0 Å². The minimum absolute atomic E-state index is 0.0178. The van der Waals surface area contributed by atoms with Gasteiger partial charge in [-0.25, -0.2) is 4.98 Å². The lowest BCUT2D eigenvalue weighted by atomic mass is 9.68. The van der Waals surface area contributed by atoms with Crippen LogP contribution in [0.5, 0.6) is 0 Å². The van der Waals surface area contributed by atoms with E-state index < -0.39 is 0 Å². The van der Waals surface area contributed by atoms with Gasteiger partial charge >= 0.3 is 0 Å². The quantitative estimate of drug-likeness (QED) is 0.213. The molecule has 0 aliphatic heterocycles. The van der Waals surface area contributed by atoms with Crippen molar-refractivity contribution in [2.75, 3.05) is 5.75 Å². The van der Waals surface area contributed by atoms with Crippen molar-refractivity contribution in [2.24, 2.45) is 0 Å². The third-order valence-electron chi connectivity index (χ3n) is 8.16. The van der Waals surface area contributed by atoms with E-state index >= 15 is 0 Å². The molecule has 0 unspecified atom stereocenters. The molecular formula is C29H29ClN2O2S. The van der Waals surface area contributed by atoms with Gasteiger partial charge in [0, 0.05) is 27.6 Å². The molecule has 1 heterocycles. The van der Waals surface area contributed by atoms with E-state index in [0.29, 0.717) is 15.7 Å². The fourth-order valence-electron chi connectivity index (χ4n) is 6.46. The van der Waals surface area contributed by atoms with Gasteiger partial charge in [-0.05, 0) is 61.9 Å². The van der Waals surface area contributed by atoms with Crippen LogP contribution in [0.4, 0.5) is 0 Å². The van der Waals surface area contributed by atoms with E-state index in [0.717, 1.165) is 74.6 Å². The highest BCUT2D eigenvalue weighted by Crippen LogP contribution is 2.50. The van der Waals surface area contributed by atoms with E-state index in [1.807, 2.05) is 10.6 Å². The number of aromatic nitrogens is 2. The van der Waals surface area contributed by atoms with Gasteiger partial charge in [-0.1, -0.05) is 73.3 Å². The number of hydrogen-bond donors (Lipinski definition) is 0. The predicted octanol–water partition coefficient (Wildman–Crippen LogP) is 7.02. The molecule has 0 atom stereocenters. The lowest BCUT2D eigenvalue weighted by molar-refractivity contribution is 0.102. The summed E-state index contributed by atoms with van der Waals surface area (Å²) in [5, 5.41) is 1.30. The molecule has 2 fully saturated rings. The highest BCUT2D eigenvalue weighted by molar-refractivity contribution is 7.99. The van der Waals surface area contributed by atoms with Gasteiger partial charge in [0.2, 0.25) is 0 Å². The molecule has 3 aromatic rings. The Morgan fingerprint density at radius 1 is 1.03 bits per heavy atom. The second-order valence-corrected chi connectivity index (χ2v) is 11.7. The van der Waals surface area contributed by atoms with Crippen LogP contribution in [0.2, 0.25) is 5.02 Å². The number of benzene rings is 2. The number of rotatable bonds is 5. The third-order valence-corrected chi connectivity index (χ3v) is 9.37. The fourth-order valence-corrected chi connectivity index (χ4v) is 7.54. The molecule has 0 bridgehead atoms. The summed E-state index contributed by atoms with van der Waals surface area (Å²) in [4.78, 5) is 32.5. The van der Waals surface area contributed by atoms with Gasteiger partial charge in [-0.3, -0.25) is 14.2 Å². The maximum Gasteiger partial charge on any atom is 0.258 e. The summed E-state index contributed by atoms with van der Waals surface area (Å²) in [6, 6.07) is 15.6. The zero-order valence-electron chi connectivity index (χ0n) is 19.8. The van der Waals surface area contributed by atoms with E-state index in [4.69, 9.17) is 16.6 Å². The number of hydrogen-bond acceptors (Lipinski definition) is 4. The van der Waals surface area contributed by atoms with Gasteiger partial charge in [-0.2, -0.15) is 0 Å². The first kappa shape index (κ1) is 23.1. The van der Waals surface area contributed by atoms with Crippen LogP contribution in [0.15, 0.2) is 58.5 Å². The molecule has 2 aromatic carbocycles. The van der Waals surface area contributed by atoms with Gasteiger partial charge in [0.25, 0.3) is 5.56 Å². The van der Waals surface area contributed by atoms with Crippen LogP contribution in [0.1, 0.15) is 78.9 Å². The van der Waals surface area contributed by atoms with E-state index in [1.54, 1.807) is 24.3 Å². The lowest BCUT2D eigenvalue weighted by Crippen LogP contribution is -2.41. The average molecular weight is 505 g/mol. The van der Waals surface area contributed by atoms with Crippen LogP contribution in [0.3, 0.4) is 0 Å². The zero-order chi connectivity index (χ0) is 24.0. The standard InChI is InChI=1S/C29H29ClN2O2S/c30-21-13-11-19(12-14-21)24(33)18-35-28-31-26-23-10-4-1-7-20(23)17-29(15-5-6-16-29)25(26)27(34)32(28)22-8-2-3-9-22/h1,4,7,10-14,22H,2-3,5-6,8-9,15-18H2. The Morgan fingerprint density at radius 2 is 1.74 bits per heavy atom. The molecule has 0 radical (unpaired) electrons. The molecule has 2 saturated carbocycles. The second-order valence-electron chi connectivity index (χ2n) is 10.3. The van der Waals surface area contributed by atoms with Crippen LogP contribution in [-0.2, 0) is 11.8 Å². The summed E-state index contributed by atoms with van der Waals surface area (Å²) in [5.41, 5.74) is 4.84. The second kappa shape index (κ2) is 9.25. The van der Waals surface area contributed by atoms with Crippen molar-refractivity contribution in [3.05, 3.63) is 80.6 Å². The summed E-state index contributed by atoms with van der Waals surface area (Å²) in [6.07, 6.45) is 9.64. The SMILES string of the molecule is O=C(CSc1nc2c(c(=O)n1C1CCCC1)C1(CCCC1)Cc1ccccc1-2)c1ccc(Cl)cc1. The number of ketones is 1. The molecule has 180 valence electrons. The first-order chi connectivity index (χ1) is 17.1. The van der Waals surface area contributed by atoms with Crippen molar-refractivity contribution < 1.29 is 4.79 Å². The Labute approximate surface area is 215 Å². The van der Waals surface area contributed by atoms with Crippen molar-refractivity contribution >= 4 is 29.1 Å². The Hall–Kier alpha value is -2.37. The van der Waals surface area contributed by atoms with E-state index in [1.165, 1.54) is 17.3 Å². The van der Waals surface area contributed by atoms with Crippen molar-refractivity contribution in [1.29, 1.82) is 0 Å². The van der Waals surface area contributed by atoms with Crippen molar-refractivity contribution in [1.82, 2.24) is 9.55 Å². The Bertz CT molecular complexity index is 1340. The van der Waals surface area contributed by atoms with Gasteiger partial charge in [0.05, 0.1) is 17.0 Å². The molecule has 3 aliphatic carbocycles. The smallest absolute Gasteiger partial charge is 0.258 e. The van der Waals surface area contributed by atoms with Crippen LogP contribution in [0.25, 0.3) is 11.3 Å². The number of carbonyl (C=O) groups is 1. The first-order valence-corrected chi connectivity index (χ1v) is 14.1. The minimum Gasteiger partial charge on any atom is -0.293 e. The Kier molecular flexibility index (Phi) is 6.10. The van der Waals surface area contributed by atoms with E-state index in [9.17, 15) is 9.59 Å². The number of fused-ring (bicyclic) bond motifs is 4. The normalized spacial score (nSPS) is 18.5. The highest BCUT2D eigenvalue weighted by atomic mass is 35.5. The van der Waals surface area contributed by atoms with Gasteiger partial charge in [-0.15, -0.1) is 0 Å². The number of halogens is 1. The first-order valence-electron chi connectivity index (χ1n) is 12.7. The maximum absolute atomic E-state index is 14.4. The summed E-state index contributed by atoms with van der Waals surface area (Å²) in [7, 11) is 0. The van der Waals surface area contributed by atoms with Gasteiger partial charge in [0.15, 0.2) is 10.9 Å². The zero-order valence-corrected chi connectivity index (χ0v) is 21.3. The Balaban J connectivity index is 1.46. The predicted molar refractivity (Wildman–Crippen MR) is 142 cm³/mol. The van der Waals surface area contributed by atoms with E-state index in [-0.39, 0.29) is 28.6 Å². The molecule has 35 heavy (non-hydrogen) atoms. The fraction of sp³-hybridized carbons (Fsp3) is 0.414. The number of nitrogens with zero attached hydrogens (tertiary/aromatic N) is 2. The molecule has 1 aromatic heterocycles. The molecule has 0 N–H and O–H groups in total. The summed E-state index contributed by atoms with van der Waals surface area (Å²) < 4.78 is 1.97. The number of Topliss-reactive ketones (excluding diaryl/α,β-unsaturated/α-hetero) is 1. The minimum atomic E-state index is -0.101. The molecule has 4 nitrogen and oxygen atoms in total. The highest BCUT2D eigenvalue weighted by Gasteiger charge is 2.45. The summed E-state index contributed by atoms with van der Waals surface area (Å²) in [5.74, 6) is 0.260. The van der Waals surface area contributed by atoms with Crippen molar-refractivity contribution in [2.45, 2.75) is 74.4 Å². The number of thioether (sulfide) groups is 1. The molecule has 3 aliphatic rings.